The van der Waals surface area contributed by atoms with Gasteiger partial charge in [-0.2, -0.15) is 0 Å². The molecule has 0 spiro atoms. The van der Waals surface area contributed by atoms with Crippen LogP contribution in [0.25, 0.3) is 0 Å². The third-order valence-corrected chi connectivity index (χ3v) is 4.16. The Labute approximate surface area is 117 Å². The maximum atomic E-state index is 5.75. The first-order valence-electron chi connectivity index (χ1n) is 6.81. The molecule has 1 N–H and O–H groups in total. The van der Waals surface area contributed by atoms with Crippen LogP contribution in [0, 0.1) is 13.8 Å². The molecule has 0 radical (unpaired) electrons. The highest BCUT2D eigenvalue weighted by Crippen LogP contribution is 2.35. The van der Waals surface area contributed by atoms with Gasteiger partial charge in [-0.15, -0.1) is 0 Å². The van der Waals surface area contributed by atoms with E-state index in [-0.39, 0.29) is 11.6 Å². The van der Waals surface area contributed by atoms with Crippen molar-refractivity contribution in [2.45, 2.75) is 45.8 Å². The molecule has 0 aliphatic rings. The summed E-state index contributed by atoms with van der Waals surface area (Å²) in [5, 5.41) is 3.40. The van der Waals surface area contributed by atoms with Crippen LogP contribution in [0.15, 0.2) is 12.1 Å². The number of likely N-dealkylation sites (N-methyl/N-ethyl adjacent to an activating group) is 1. The maximum Gasteiger partial charge on any atom is 0.122 e. The smallest absolute Gasteiger partial charge is 0.122 e. The zero-order chi connectivity index (χ0) is 14.6. The summed E-state index contributed by atoms with van der Waals surface area (Å²) in [7, 11) is 5.47. The van der Waals surface area contributed by atoms with Crippen molar-refractivity contribution in [2.24, 2.45) is 0 Å². The number of nitrogens with one attached hydrogen (secondary N) is 1. The predicted octanol–water partition coefficient (Wildman–Crippen LogP) is 3.39. The lowest BCUT2D eigenvalue weighted by Gasteiger charge is -2.37. The molecule has 0 fully saturated rings. The fraction of sp³-hybridized carbons (Fsp3) is 0.625. The Balaban J connectivity index is 3.30. The van der Waals surface area contributed by atoms with Gasteiger partial charge in [0.05, 0.1) is 18.8 Å². The Morgan fingerprint density at radius 2 is 1.84 bits per heavy atom. The first-order valence-corrected chi connectivity index (χ1v) is 6.81. The molecule has 0 aliphatic carbocycles. The van der Waals surface area contributed by atoms with E-state index in [2.05, 4.69) is 45.1 Å². The van der Waals surface area contributed by atoms with E-state index < -0.39 is 0 Å². The van der Waals surface area contributed by atoms with Gasteiger partial charge in [-0.05, 0) is 57.0 Å². The number of benzene rings is 1. The highest BCUT2D eigenvalue weighted by molar-refractivity contribution is 5.43. The molecule has 2 unspecified atom stereocenters. The summed E-state index contributed by atoms with van der Waals surface area (Å²) >= 11 is 0. The van der Waals surface area contributed by atoms with E-state index in [1.165, 1.54) is 11.1 Å². The lowest BCUT2D eigenvalue weighted by molar-refractivity contribution is -0.0282. The van der Waals surface area contributed by atoms with Crippen molar-refractivity contribution in [3.05, 3.63) is 28.8 Å². The summed E-state index contributed by atoms with van der Waals surface area (Å²) < 4.78 is 11.1. The molecule has 1 aromatic rings. The van der Waals surface area contributed by atoms with Crippen molar-refractivity contribution < 1.29 is 9.47 Å². The third kappa shape index (κ3) is 3.10. The summed E-state index contributed by atoms with van der Waals surface area (Å²) in [6.45, 7) is 8.49. The van der Waals surface area contributed by atoms with Gasteiger partial charge in [-0.1, -0.05) is 13.0 Å². The lowest BCUT2D eigenvalue weighted by atomic mass is 9.85. The molecule has 0 heterocycles. The van der Waals surface area contributed by atoms with E-state index >= 15 is 0 Å². The molecule has 0 saturated heterocycles. The standard InChI is InChI=1S/C16H27NO2/c1-8-16(4,19-7)15(17-5)13-9-12(3)14(18-6)10-11(13)2/h9-10,15,17H,8H2,1-7H3. The monoisotopic (exact) mass is 265 g/mol. The predicted molar refractivity (Wildman–Crippen MR) is 80.0 cm³/mol. The van der Waals surface area contributed by atoms with Crippen LogP contribution >= 0.6 is 0 Å². The first-order chi connectivity index (χ1) is 8.93. The van der Waals surface area contributed by atoms with Crippen molar-refractivity contribution in [1.82, 2.24) is 5.32 Å². The number of rotatable bonds is 6. The molecular formula is C16H27NO2. The number of hydrogen-bond donors (Lipinski definition) is 1. The van der Waals surface area contributed by atoms with Crippen molar-refractivity contribution in [3.63, 3.8) is 0 Å². The summed E-state index contributed by atoms with van der Waals surface area (Å²) in [4.78, 5) is 0. The topological polar surface area (TPSA) is 30.5 Å². The average Bonchev–Trinajstić information content (AvgIpc) is 2.42. The second-order valence-corrected chi connectivity index (χ2v) is 5.27. The second kappa shape index (κ2) is 6.40. The van der Waals surface area contributed by atoms with Crippen molar-refractivity contribution in [1.29, 1.82) is 0 Å². The SMILES string of the molecule is CCC(C)(OC)C(NC)c1cc(C)c(OC)cc1C. The Kier molecular flexibility index (Phi) is 5.39. The van der Waals surface area contributed by atoms with E-state index in [1.54, 1.807) is 14.2 Å². The van der Waals surface area contributed by atoms with Crippen LogP contribution in [0.2, 0.25) is 0 Å². The van der Waals surface area contributed by atoms with Gasteiger partial charge >= 0.3 is 0 Å². The van der Waals surface area contributed by atoms with E-state index in [4.69, 9.17) is 9.47 Å². The van der Waals surface area contributed by atoms with Gasteiger partial charge in [0.1, 0.15) is 5.75 Å². The molecule has 3 heteroatoms. The van der Waals surface area contributed by atoms with Crippen molar-refractivity contribution in [3.8, 4) is 5.75 Å². The number of methoxy groups -OCH3 is 2. The Morgan fingerprint density at radius 1 is 1.21 bits per heavy atom. The largest absolute Gasteiger partial charge is 0.496 e. The minimum atomic E-state index is -0.222. The molecule has 108 valence electrons. The summed E-state index contributed by atoms with van der Waals surface area (Å²) in [6, 6.07) is 4.45. The fourth-order valence-electron chi connectivity index (χ4n) is 2.60. The third-order valence-electron chi connectivity index (χ3n) is 4.16. The molecule has 0 aromatic heterocycles. The molecule has 2 atom stereocenters. The van der Waals surface area contributed by atoms with Crippen molar-refractivity contribution in [2.75, 3.05) is 21.3 Å². The maximum absolute atomic E-state index is 5.75. The van der Waals surface area contributed by atoms with Crippen LogP contribution in [-0.2, 0) is 4.74 Å². The Bertz CT molecular complexity index is 425. The number of hydrogen-bond acceptors (Lipinski definition) is 3. The quantitative estimate of drug-likeness (QED) is 0.855. The Morgan fingerprint density at radius 3 is 2.26 bits per heavy atom. The molecule has 1 rings (SSSR count). The van der Waals surface area contributed by atoms with E-state index in [0.717, 1.165) is 17.7 Å². The first kappa shape index (κ1) is 16.0. The number of ether oxygens (including phenoxy) is 2. The van der Waals surface area contributed by atoms with Crippen LogP contribution in [0.5, 0.6) is 5.75 Å². The van der Waals surface area contributed by atoms with Gasteiger partial charge in [0.25, 0.3) is 0 Å². The summed E-state index contributed by atoms with van der Waals surface area (Å²) in [5.41, 5.74) is 3.42. The lowest BCUT2D eigenvalue weighted by Crippen LogP contribution is -2.41. The minimum Gasteiger partial charge on any atom is -0.496 e. The highest BCUT2D eigenvalue weighted by Gasteiger charge is 2.33. The average molecular weight is 265 g/mol. The van der Waals surface area contributed by atoms with E-state index in [0.29, 0.717) is 0 Å². The van der Waals surface area contributed by atoms with Gasteiger partial charge in [-0.3, -0.25) is 0 Å². The zero-order valence-corrected chi connectivity index (χ0v) is 13.3. The Hall–Kier alpha value is -1.06. The minimum absolute atomic E-state index is 0.159. The molecule has 3 nitrogen and oxygen atoms in total. The van der Waals surface area contributed by atoms with E-state index in [9.17, 15) is 0 Å². The van der Waals surface area contributed by atoms with Crippen molar-refractivity contribution >= 4 is 0 Å². The van der Waals surface area contributed by atoms with E-state index in [1.807, 2.05) is 7.05 Å². The van der Waals surface area contributed by atoms with Gasteiger partial charge in [0, 0.05) is 7.11 Å². The molecule has 19 heavy (non-hydrogen) atoms. The van der Waals surface area contributed by atoms with Crippen LogP contribution in [0.1, 0.15) is 43.0 Å². The molecule has 0 aliphatic heterocycles. The van der Waals surface area contributed by atoms with Gasteiger partial charge in [0.2, 0.25) is 0 Å². The van der Waals surface area contributed by atoms with Gasteiger partial charge in [-0.25, -0.2) is 0 Å². The number of aryl methyl sites for hydroxylation is 2. The molecule has 0 bridgehead atoms. The fourth-order valence-corrected chi connectivity index (χ4v) is 2.60. The van der Waals surface area contributed by atoms with Gasteiger partial charge in [0.15, 0.2) is 0 Å². The summed E-state index contributed by atoms with van der Waals surface area (Å²) in [5.74, 6) is 0.937. The van der Waals surface area contributed by atoms with Gasteiger partial charge < -0.3 is 14.8 Å². The highest BCUT2D eigenvalue weighted by atomic mass is 16.5. The van der Waals surface area contributed by atoms with Crippen LogP contribution < -0.4 is 10.1 Å². The second-order valence-electron chi connectivity index (χ2n) is 5.27. The normalized spacial score (nSPS) is 15.9. The molecule has 0 saturated carbocycles. The molecular weight excluding hydrogens is 238 g/mol. The molecule has 1 aromatic carbocycles. The molecule has 0 amide bonds. The van der Waals surface area contributed by atoms with Crippen LogP contribution in [0.3, 0.4) is 0 Å². The zero-order valence-electron chi connectivity index (χ0n) is 13.3. The summed E-state index contributed by atoms with van der Waals surface area (Å²) in [6.07, 6.45) is 0.944. The van der Waals surface area contributed by atoms with Crippen LogP contribution in [-0.4, -0.2) is 26.9 Å². The van der Waals surface area contributed by atoms with Crippen LogP contribution in [0.4, 0.5) is 0 Å².